The fourth-order valence-corrected chi connectivity index (χ4v) is 0.959. The highest BCUT2D eigenvalue weighted by Gasteiger charge is 1.95. The monoisotopic (exact) mass is 149 g/mol. The number of hydrogen-bond acceptors (Lipinski definition) is 2. The summed E-state index contributed by atoms with van der Waals surface area (Å²) in [5.74, 6) is 0. The molecule has 0 atom stereocenters. The van der Waals surface area contributed by atoms with E-state index in [1.54, 1.807) is 6.33 Å². The van der Waals surface area contributed by atoms with Gasteiger partial charge in [-0.05, 0) is 6.42 Å². The van der Waals surface area contributed by atoms with Crippen LogP contribution in [0.3, 0.4) is 0 Å². The summed E-state index contributed by atoms with van der Waals surface area (Å²) in [5, 5.41) is 8.36. The lowest BCUT2D eigenvalue weighted by Gasteiger charge is -1.94. The van der Waals surface area contributed by atoms with Crippen LogP contribution in [-0.2, 0) is 13.0 Å². The van der Waals surface area contributed by atoms with Gasteiger partial charge in [-0.15, -0.1) is 0 Å². The molecule has 0 spiro atoms. The highest BCUT2D eigenvalue weighted by Crippen LogP contribution is 1.97. The van der Waals surface area contributed by atoms with E-state index in [0.717, 1.165) is 18.7 Å². The zero-order valence-electron chi connectivity index (χ0n) is 6.62. The molecule has 1 aromatic rings. The van der Waals surface area contributed by atoms with Crippen molar-refractivity contribution < 1.29 is 0 Å². The Bertz CT molecular complexity index is 257. The van der Waals surface area contributed by atoms with Crippen LogP contribution in [0.4, 0.5) is 0 Å². The first-order valence-corrected chi connectivity index (χ1v) is 3.74. The maximum Gasteiger partial charge on any atom is 0.0949 e. The van der Waals surface area contributed by atoms with E-state index >= 15 is 0 Å². The number of aromatic nitrogens is 2. The number of nitrogens with zero attached hydrogens (tertiary/aromatic N) is 3. The fourth-order valence-electron chi connectivity index (χ4n) is 0.959. The van der Waals surface area contributed by atoms with Gasteiger partial charge in [0.15, 0.2) is 0 Å². The Hall–Kier alpha value is -1.30. The molecule has 0 saturated heterocycles. The van der Waals surface area contributed by atoms with Gasteiger partial charge in [-0.1, -0.05) is 6.92 Å². The molecule has 0 bridgehead atoms. The van der Waals surface area contributed by atoms with Crippen molar-refractivity contribution in [3.8, 4) is 6.07 Å². The first-order chi connectivity index (χ1) is 5.36. The Morgan fingerprint density at radius 1 is 1.73 bits per heavy atom. The lowest BCUT2D eigenvalue weighted by molar-refractivity contribution is 0.678. The summed E-state index contributed by atoms with van der Waals surface area (Å²) in [6.07, 6.45) is 5.21. The minimum atomic E-state index is 0.413. The molecule has 0 radical (unpaired) electrons. The van der Waals surface area contributed by atoms with Crippen LogP contribution in [0.25, 0.3) is 0 Å². The molecule has 1 aromatic heterocycles. The van der Waals surface area contributed by atoms with Gasteiger partial charge in [0.05, 0.1) is 24.5 Å². The van der Waals surface area contributed by atoms with Crippen LogP contribution < -0.4 is 0 Å². The van der Waals surface area contributed by atoms with Gasteiger partial charge < -0.3 is 4.57 Å². The highest BCUT2D eigenvalue weighted by atomic mass is 15.0. The van der Waals surface area contributed by atoms with Crippen molar-refractivity contribution >= 4 is 0 Å². The van der Waals surface area contributed by atoms with Crippen LogP contribution in [0, 0.1) is 11.3 Å². The van der Waals surface area contributed by atoms with Gasteiger partial charge in [-0.3, -0.25) is 0 Å². The predicted molar refractivity (Wildman–Crippen MR) is 41.8 cm³/mol. The van der Waals surface area contributed by atoms with Crippen molar-refractivity contribution in [2.24, 2.45) is 0 Å². The molecule has 3 nitrogen and oxygen atoms in total. The first kappa shape index (κ1) is 7.80. The van der Waals surface area contributed by atoms with E-state index in [2.05, 4.69) is 18.0 Å². The maximum atomic E-state index is 8.36. The first-order valence-electron chi connectivity index (χ1n) is 3.74. The molecule has 0 aromatic carbocycles. The molecule has 0 amide bonds. The lowest BCUT2D eigenvalue weighted by Crippen LogP contribution is -1.91. The molecule has 0 saturated carbocycles. The summed E-state index contributed by atoms with van der Waals surface area (Å²) in [4.78, 5) is 4.06. The minimum Gasteiger partial charge on any atom is -0.337 e. The molecule has 0 aliphatic heterocycles. The van der Waals surface area contributed by atoms with Gasteiger partial charge >= 0.3 is 0 Å². The Kier molecular flexibility index (Phi) is 2.67. The molecule has 3 heteroatoms. The summed E-state index contributed by atoms with van der Waals surface area (Å²) in [5.41, 5.74) is 0.862. The van der Waals surface area contributed by atoms with Gasteiger partial charge in [0, 0.05) is 12.7 Å². The molecular weight excluding hydrogens is 138 g/mol. The smallest absolute Gasteiger partial charge is 0.0949 e. The Labute approximate surface area is 66.3 Å². The van der Waals surface area contributed by atoms with Crippen LogP contribution in [0.2, 0.25) is 0 Å². The van der Waals surface area contributed by atoms with Gasteiger partial charge in [-0.25, -0.2) is 4.98 Å². The molecule has 1 rings (SSSR count). The lowest BCUT2D eigenvalue weighted by atomic mass is 10.4. The third-order valence-electron chi connectivity index (χ3n) is 1.43. The SMILES string of the molecule is CCCn1cnc(CC#N)c1. The van der Waals surface area contributed by atoms with Crippen LogP contribution in [0.5, 0.6) is 0 Å². The summed E-state index contributed by atoms with van der Waals surface area (Å²) in [6.45, 7) is 3.10. The largest absolute Gasteiger partial charge is 0.337 e. The summed E-state index contributed by atoms with van der Waals surface area (Å²) >= 11 is 0. The van der Waals surface area contributed by atoms with Crippen LogP contribution in [-0.4, -0.2) is 9.55 Å². The Morgan fingerprint density at radius 2 is 2.55 bits per heavy atom. The van der Waals surface area contributed by atoms with E-state index < -0.39 is 0 Å². The second-order valence-electron chi connectivity index (χ2n) is 2.44. The zero-order chi connectivity index (χ0) is 8.10. The number of aryl methyl sites for hydroxylation is 1. The zero-order valence-corrected chi connectivity index (χ0v) is 6.62. The second-order valence-corrected chi connectivity index (χ2v) is 2.44. The number of rotatable bonds is 3. The van der Waals surface area contributed by atoms with Crippen molar-refractivity contribution in [1.29, 1.82) is 5.26 Å². The summed E-state index contributed by atoms with van der Waals surface area (Å²) in [7, 11) is 0. The number of hydrogen-bond donors (Lipinski definition) is 0. The van der Waals surface area contributed by atoms with Gasteiger partial charge in [-0.2, -0.15) is 5.26 Å². The van der Waals surface area contributed by atoms with Crippen LogP contribution in [0.1, 0.15) is 19.0 Å². The fraction of sp³-hybridized carbons (Fsp3) is 0.500. The molecule has 0 aliphatic rings. The third kappa shape index (κ3) is 2.08. The number of nitriles is 1. The van der Waals surface area contributed by atoms with E-state index in [4.69, 9.17) is 5.26 Å². The van der Waals surface area contributed by atoms with Crippen LogP contribution in [0.15, 0.2) is 12.5 Å². The quantitative estimate of drug-likeness (QED) is 0.651. The third-order valence-corrected chi connectivity index (χ3v) is 1.43. The summed E-state index contributed by atoms with van der Waals surface area (Å²) in [6, 6.07) is 2.06. The predicted octanol–water partition coefficient (Wildman–Crippen LogP) is 1.36. The summed E-state index contributed by atoms with van der Waals surface area (Å²) < 4.78 is 2.01. The molecule has 0 N–H and O–H groups in total. The van der Waals surface area contributed by atoms with E-state index in [9.17, 15) is 0 Å². The highest BCUT2D eigenvalue weighted by molar-refractivity contribution is 5.02. The van der Waals surface area contributed by atoms with E-state index in [-0.39, 0.29) is 0 Å². The van der Waals surface area contributed by atoms with Crippen LogP contribution >= 0.6 is 0 Å². The van der Waals surface area contributed by atoms with E-state index in [1.807, 2.05) is 10.8 Å². The average molecular weight is 149 g/mol. The molecule has 1 heterocycles. The molecule has 0 unspecified atom stereocenters. The minimum absolute atomic E-state index is 0.413. The Balaban J connectivity index is 2.60. The topological polar surface area (TPSA) is 41.6 Å². The van der Waals surface area contributed by atoms with Gasteiger partial charge in [0.2, 0.25) is 0 Å². The second kappa shape index (κ2) is 3.77. The van der Waals surface area contributed by atoms with Crippen molar-refractivity contribution in [3.05, 3.63) is 18.2 Å². The van der Waals surface area contributed by atoms with Crippen molar-refractivity contribution in [2.75, 3.05) is 0 Å². The maximum absolute atomic E-state index is 8.36. The molecule has 0 fully saturated rings. The van der Waals surface area contributed by atoms with E-state index in [0.29, 0.717) is 6.42 Å². The molecule has 0 aliphatic carbocycles. The normalized spacial score (nSPS) is 9.45. The average Bonchev–Trinajstić information content (AvgIpc) is 2.38. The molecule has 58 valence electrons. The van der Waals surface area contributed by atoms with Crippen molar-refractivity contribution in [3.63, 3.8) is 0 Å². The van der Waals surface area contributed by atoms with Crippen molar-refractivity contribution in [1.82, 2.24) is 9.55 Å². The van der Waals surface area contributed by atoms with Crippen molar-refractivity contribution in [2.45, 2.75) is 26.3 Å². The van der Waals surface area contributed by atoms with Gasteiger partial charge in [0.25, 0.3) is 0 Å². The Morgan fingerprint density at radius 3 is 3.18 bits per heavy atom. The van der Waals surface area contributed by atoms with Gasteiger partial charge in [0.1, 0.15) is 0 Å². The van der Waals surface area contributed by atoms with E-state index in [1.165, 1.54) is 0 Å². The molecular formula is C8H11N3. The standard InChI is InChI=1S/C8H11N3/c1-2-5-11-6-8(3-4-9)10-7-11/h6-7H,2-3,5H2,1H3. The molecule has 11 heavy (non-hydrogen) atoms. The number of imidazole rings is 1.